The van der Waals surface area contributed by atoms with Crippen molar-refractivity contribution in [3.05, 3.63) is 52.1 Å². The second kappa shape index (κ2) is 15.2. The third kappa shape index (κ3) is 8.49. The molecule has 3 N–H and O–H groups in total. The van der Waals surface area contributed by atoms with Gasteiger partial charge in [0.15, 0.2) is 5.78 Å². The number of nitrogens with zero attached hydrogens (tertiary/aromatic N) is 2. The van der Waals surface area contributed by atoms with Crippen molar-refractivity contribution in [3.63, 3.8) is 0 Å². The third-order valence-corrected chi connectivity index (χ3v) is 7.36. The van der Waals surface area contributed by atoms with E-state index in [4.69, 9.17) is 20.0 Å². The second-order valence-electron chi connectivity index (χ2n) is 11.5. The van der Waals surface area contributed by atoms with Crippen LogP contribution in [0.15, 0.2) is 24.3 Å². The summed E-state index contributed by atoms with van der Waals surface area (Å²) in [4.78, 5) is 40.9. The number of anilines is 1. The Balaban J connectivity index is 0.00000645. The number of carboxylic acids is 1. The van der Waals surface area contributed by atoms with E-state index in [9.17, 15) is 14.4 Å². The van der Waals surface area contributed by atoms with Crippen LogP contribution in [0.3, 0.4) is 0 Å². The number of carbonyl (C=O) groups is 3. The third-order valence-electron chi connectivity index (χ3n) is 7.36. The Morgan fingerprint density at radius 2 is 1.79 bits per heavy atom. The van der Waals surface area contributed by atoms with Crippen molar-refractivity contribution < 1.29 is 29.0 Å². The summed E-state index contributed by atoms with van der Waals surface area (Å²) in [5.74, 6) is 0.0936. The molecule has 0 aliphatic carbocycles. The maximum Gasteiger partial charge on any atom is 0.303 e. The van der Waals surface area contributed by atoms with Crippen molar-refractivity contribution in [1.29, 1.82) is 5.41 Å². The lowest BCUT2D eigenvalue weighted by Crippen LogP contribution is -2.31. The monoisotopic (exact) mass is 660 g/mol. The van der Waals surface area contributed by atoms with Crippen LogP contribution in [0.2, 0.25) is 0 Å². The molecule has 1 aliphatic rings. The Kier molecular flexibility index (Phi) is 12.6. The van der Waals surface area contributed by atoms with E-state index in [2.05, 4.69) is 26.1 Å². The fourth-order valence-corrected chi connectivity index (χ4v) is 4.90. The van der Waals surface area contributed by atoms with Crippen LogP contribution in [0, 0.1) is 5.41 Å². The minimum atomic E-state index is -0.824. The number of ether oxygens (including phenoxy) is 2. The number of aliphatic carboxylic acids is 1. The minimum Gasteiger partial charge on any atom is -0.493 e. The summed E-state index contributed by atoms with van der Waals surface area (Å²) in [6, 6.07) is 7.18. The molecule has 0 aromatic heterocycles. The molecule has 0 atom stereocenters. The van der Waals surface area contributed by atoms with Gasteiger partial charge in [0.1, 0.15) is 17.3 Å². The maximum atomic E-state index is 13.8. The van der Waals surface area contributed by atoms with Gasteiger partial charge >= 0.3 is 5.97 Å². The van der Waals surface area contributed by atoms with Gasteiger partial charge in [0.2, 0.25) is 0 Å². The Morgan fingerprint density at radius 3 is 2.37 bits per heavy atom. The zero-order chi connectivity index (χ0) is 31.2. The molecule has 3 rings (SSSR count). The highest BCUT2D eigenvalue weighted by Gasteiger charge is 2.31. The average Bonchev–Trinajstić information content (AvgIpc) is 3.24. The van der Waals surface area contributed by atoms with E-state index in [-0.39, 0.29) is 52.9 Å². The van der Waals surface area contributed by atoms with E-state index in [0.717, 1.165) is 16.8 Å². The number of hydrogen-bond donors (Lipinski definition) is 3. The van der Waals surface area contributed by atoms with Gasteiger partial charge in [-0.3, -0.25) is 19.8 Å². The van der Waals surface area contributed by atoms with Crippen LogP contribution in [0.5, 0.6) is 11.5 Å². The number of ketones is 1. The van der Waals surface area contributed by atoms with Gasteiger partial charge in [0.25, 0.3) is 5.91 Å². The number of rotatable bonds is 14. The number of unbranched alkanes of at least 4 members (excludes halogenated alkanes) is 1. The van der Waals surface area contributed by atoms with Gasteiger partial charge in [-0.1, -0.05) is 20.8 Å². The molecule has 43 heavy (non-hydrogen) atoms. The minimum absolute atomic E-state index is 0. The van der Waals surface area contributed by atoms with Gasteiger partial charge in [-0.05, 0) is 61.9 Å². The van der Waals surface area contributed by atoms with Gasteiger partial charge in [0.05, 0.1) is 31.0 Å². The lowest BCUT2D eigenvalue weighted by atomic mass is 9.84. The topological polar surface area (TPSA) is 132 Å². The van der Waals surface area contributed by atoms with Crippen LogP contribution in [0.25, 0.3) is 0 Å². The molecule has 11 heteroatoms. The molecule has 2 aromatic rings. The molecule has 0 saturated carbocycles. The van der Waals surface area contributed by atoms with E-state index in [0.29, 0.717) is 67.3 Å². The molecule has 10 nitrogen and oxygen atoms in total. The summed E-state index contributed by atoms with van der Waals surface area (Å²) in [5.41, 5.74) is 3.67. The first-order valence-electron chi connectivity index (χ1n) is 14.4. The van der Waals surface area contributed by atoms with Crippen LogP contribution >= 0.6 is 17.0 Å². The van der Waals surface area contributed by atoms with Gasteiger partial charge in [-0.25, -0.2) is 0 Å². The first-order valence-corrected chi connectivity index (χ1v) is 14.4. The predicted octanol–water partition coefficient (Wildman–Crippen LogP) is 5.43. The number of Topliss-reactive ketones (excluding diaryl/α,β-unsaturated/α-hetero) is 1. The van der Waals surface area contributed by atoms with E-state index in [1.807, 2.05) is 37.9 Å². The number of carboxylic acid groups (broad SMARTS) is 1. The zero-order valence-electron chi connectivity index (χ0n) is 26.3. The number of hydrogen-bond acceptors (Lipinski definition) is 7. The highest BCUT2D eigenvalue weighted by atomic mass is 79.9. The van der Waals surface area contributed by atoms with Crippen LogP contribution in [-0.4, -0.2) is 73.9 Å². The van der Waals surface area contributed by atoms with E-state index >= 15 is 0 Å². The average molecular weight is 662 g/mol. The van der Waals surface area contributed by atoms with Gasteiger partial charge in [-0.2, -0.15) is 0 Å². The Bertz CT molecular complexity index is 1350. The fourth-order valence-electron chi connectivity index (χ4n) is 4.90. The van der Waals surface area contributed by atoms with Crippen LogP contribution in [0.4, 0.5) is 5.69 Å². The first-order chi connectivity index (χ1) is 19.8. The van der Waals surface area contributed by atoms with E-state index in [1.165, 1.54) is 0 Å². The quantitative estimate of drug-likeness (QED) is 0.180. The maximum absolute atomic E-state index is 13.8. The largest absolute Gasteiger partial charge is 0.493 e. The molecular formula is C32H45BrN4O6. The summed E-state index contributed by atoms with van der Waals surface area (Å²) in [6.45, 7) is 11.9. The molecule has 0 fully saturated rings. The van der Waals surface area contributed by atoms with Crippen LogP contribution in [-0.2, 0) is 16.8 Å². The van der Waals surface area contributed by atoms with E-state index < -0.39 is 5.97 Å². The Morgan fingerprint density at radius 1 is 1.09 bits per heavy atom. The van der Waals surface area contributed by atoms with Crippen LogP contribution in [0.1, 0.15) is 91.3 Å². The van der Waals surface area contributed by atoms with Gasteiger partial charge in [0, 0.05) is 50.3 Å². The number of nitrogens with one attached hydrogen (secondary N) is 2. The summed E-state index contributed by atoms with van der Waals surface area (Å²) >= 11 is 0. The van der Waals surface area contributed by atoms with Crippen LogP contribution < -0.4 is 19.7 Å². The van der Waals surface area contributed by atoms with Gasteiger partial charge in [-0.15, -0.1) is 17.0 Å². The molecule has 0 unspecified atom stereocenters. The number of amidine groups is 1. The Labute approximate surface area is 265 Å². The van der Waals surface area contributed by atoms with Crippen molar-refractivity contribution >= 4 is 46.2 Å². The molecule has 1 aliphatic heterocycles. The van der Waals surface area contributed by atoms with Crippen molar-refractivity contribution in [1.82, 2.24) is 10.2 Å². The lowest BCUT2D eigenvalue weighted by Gasteiger charge is -2.29. The lowest BCUT2D eigenvalue weighted by molar-refractivity contribution is -0.137. The molecule has 0 bridgehead atoms. The molecule has 0 radical (unpaired) electrons. The van der Waals surface area contributed by atoms with Crippen molar-refractivity contribution in [2.24, 2.45) is 0 Å². The number of benzene rings is 2. The number of amides is 1. The zero-order valence-corrected chi connectivity index (χ0v) is 28.0. The Hall–Kier alpha value is -3.60. The predicted molar refractivity (Wildman–Crippen MR) is 174 cm³/mol. The highest BCUT2D eigenvalue weighted by Crippen LogP contribution is 2.40. The summed E-state index contributed by atoms with van der Waals surface area (Å²) < 4.78 is 12.0. The van der Waals surface area contributed by atoms with Crippen molar-refractivity contribution in [2.45, 2.75) is 65.8 Å². The highest BCUT2D eigenvalue weighted by molar-refractivity contribution is 8.93. The fraction of sp³-hybridized carbons (Fsp3) is 0.500. The molecule has 1 heterocycles. The summed E-state index contributed by atoms with van der Waals surface area (Å²) in [5, 5.41) is 20.4. The molecule has 2 aromatic carbocycles. The smallest absolute Gasteiger partial charge is 0.303 e. The van der Waals surface area contributed by atoms with Crippen molar-refractivity contribution in [2.75, 3.05) is 45.3 Å². The molecule has 0 saturated heterocycles. The summed E-state index contributed by atoms with van der Waals surface area (Å²) in [6.07, 6.45) is 1.23. The standard InChI is InChI=1S/C32H44N4O6.BrH/c1-8-35(7)25-15-20(14-24(32(3,4)5)29(25)42-13-11-10-12-28(38)39)26(37)19-36-18-21-16-27(41-9-2)23(31(40)34-6)17-22(21)30(36)33;/h14-17,33H,8-13,18-19H2,1-7H3,(H,34,40)(H,38,39);1H. The van der Waals surface area contributed by atoms with E-state index in [1.54, 1.807) is 24.1 Å². The SMILES string of the molecule is Br.CCOc1cc2c(cc1C(=O)NC)C(=N)N(CC(=O)c1cc(N(C)CC)c(OCCCCC(=O)O)c(C(C)(C)C)c1)C2. The molecule has 236 valence electrons. The number of fused-ring (bicyclic) bond motifs is 1. The summed E-state index contributed by atoms with van der Waals surface area (Å²) in [7, 11) is 3.49. The number of carbonyl (C=O) groups excluding carboxylic acids is 2. The molecular weight excluding hydrogens is 616 g/mol. The normalized spacial score (nSPS) is 12.3. The number of halogens is 1. The van der Waals surface area contributed by atoms with Gasteiger partial charge < -0.3 is 29.7 Å². The molecule has 0 spiro atoms. The molecule has 1 amide bonds. The second-order valence-corrected chi connectivity index (χ2v) is 11.5. The first kappa shape index (κ1) is 35.6. The van der Waals surface area contributed by atoms with Crippen molar-refractivity contribution in [3.8, 4) is 11.5 Å².